The minimum atomic E-state index is 0.128. The molecule has 3 rings (SSSR count). The Morgan fingerprint density at radius 3 is 2.90 bits per heavy atom. The number of nitrogens with zero attached hydrogens (tertiary/aromatic N) is 2. The van der Waals surface area contributed by atoms with E-state index < -0.39 is 0 Å². The van der Waals surface area contributed by atoms with Crippen LogP contribution in [0.3, 0.4) is 0 Å². The lowest BCUT2D eigenvalue weighted by atomic mass is 9.97. The number of benzene rings is 1. The van der Waals surface area contributed by atoms with Gasteiger partial charge in [0.1, 0.15) is 0 Å². The molecule has 5 nitrogen and oxygen atoms in total. The molecule has 1 aliphatic heterocycles. The molecule has 1 N–H and O–H groups in total. The van der Waals surface area contributed by atoms with Crippen LogP contribution in [0.4, 0.5) is 5.95 Å². The highest BCUT2D eigenvalue weighted by Crippen LogP contribution is 2.29. The summed E-state index contributed by atoms with van der Waals surface area (Å²) in [5, 5.41) is 3.37. The van der Waals surface area contributed by atoms with Gasteiger partial charge in [-0.25, -0.2) is 4.98 Å². The van der Waals surface area contributed by atoms with Gasteiger partial charge in [0, 0.05) is 24.9 Å². The van der Waals surface area contributed by atoms with Crippen molar-refractivity contribution in [2.45, 2.75) is 25.0 Å². The minimum absolute atomic E-state index is 0.128. The predicted octanol–water partition coefficient (Wildman–Crippen LogP) is 2.82. The average molecular weight is 285 g/mol. The van der Waals surface area contributed by atoms with Gasteiger partial charge in [0.05, 0.1) is 13.2 Å². The van der Waals surface area contributed by atoms with Crippen LogP contribution in [0.5, 0.6) is 5.88 Å². The van der Waals surface area contributed by atoms with Crippen molar-refractivity contribution in [3.8, 4) is 5.88 Å². The molecule has 0 amide bonds. The third-order valence-corrected chi connectivity index (χ3v) is 3.63. The molecule has 2 heterocycles. The summed E-state index contributed by atoms with van der Waals surface area (Å²) in [4.78, 5) is 8.53. The molecule has 1 aliphatic rings. The molecule has 0 spiro atoms. The Morgan fingerprint density at radius 1 is 1.24 bits per heavy atom. The van der Waals surface area contributed by atoms with Crippen LogP contribution in [0.1, 0.15) is 24.5 Å². The van der Waals surface area contributed by atoms with Gasteiger partial charge in [-0.2, -0.15) is 4.98 Å². The monoisotopic (exact) mass is 285 g/mol. The van der Waals surface area contributed by atoms with E-state index in [1.54, 1.807) is 19.4 Å². The quantitative estimate of drug-likeness (QED) is 0.936. The highest BCUT2D eigenvalue weighted by Gasteiger charge is 2.24. The van der Waals surface area contributed by atoms with Gasteiger partial charge in [-0.15, -0.1) is 0 Å². The Hall–Kier alpha value is -2.14. The predicted molar refractivity (Wildman–Crippen MR) is 80.4 cm³/mol. The van der Waals surface area contributed by atoms with E-state index in [9.17, 15) is 0 Å². The molecule has 1 aromatic carbocycles. The van der Waals surface area contributed by atoms with Crippen LogP contribution in [-0.4, -0.2) is 29.7 Å². The fourth-order valence-corrected chi connectivity index (χ4v) is 2.54. The second-order valence-electron chi connectivity index (χ2n) is 5.06. The van der Waals surface area contributed by atoms with Gasteiger partial charge in [0.25, 0.3) is 0 Å². The number of aromatic nitrogens is 2. The summed E-state index contributed by atoms with van der Waals surface area (Å²) in [6, 6.07) is 12.4. The van der Waals surface area contributed by atoms with E-state index in [2.05, 4.69) is 27.4 Å². The van der Waals surface area contributed by atoms with Crippen LogP contribution in [0.2, 0.25) is 0 Å². The van der Waals surface area contributed by atoms with Crippen LogP contribution >= 0.6 is 0 Å². The van der Waals surface area contributed by atoms with Gasteiger partial charge in [-0.05, 0) is 18.4 Å². The zero-order chi connectivity index (χ0) is 14.5. The van der Waals surface area contributed by atoms with E-state index in [1.165, 1.54) is 5.56 Å². The Kier molecular flexibility index (Phi) is 4.31. The first-order valence-electron chi connectivity index (χ1n) is 7.15. The summed E-state index contributed by atoms with van der Waals surface area (Å²) >= 11 is 0. The summed E-state index contributed by atoms with van der Waals surface area (Å²) < 4.78 is 11.0. The molecule has 0 unspecified atom stereocenters. The molecule has 2 atom stereocenters. The molecular weight excluding hydrogens is 266 g/mol. The first-order valence-corrected chi connectivity index (χ1v) is 7.15. The lowest BCUT2D eigenvalue weighted by Gasteiger charge is -2.30. The second kappa shape index (κ2) is 6.54. The SMILES string of the molecule is COc1ccnc(N[C@@H]2CCO[C@@H](c3ccccc3)C2)n1. The molecule has 1 fully saturated rings. The topological polar surface area (TPSA) is 56.3 Å². The van der Waals surface area contributed by atoms with Crippen LogP contribution in [0.25, 0.3) is 0 Å². The standard InChI is InChI=1S/C16H19N3O2/c1-20-15-7-9-17-16(19-15)18-13-8-10-21-14(11-13)12-5-3-2-4-6-12/h2-7,9,13-14H,8,10-11H2,1H3,(H,17,18,19)/t13-,14-/m1/s1. The fourth-order valence-electron chi connectivity index (χ4n) is 2.54. The second-order valence-corrected chi connectivity index (χ2v) is 5.06. The molecule has 1 saturated heterocycles. The Bertz CT molecular complexity index is 577. The molecule has 0 radical (unpaired) electrons. The van der Waals surface area contributed by atoms with E-state index in [1.807, 2.05) is 18.2 Å². The molecular formula is C16H19N3O2. The number of anilines is 1. The zero-order valence-corrected chi connectivity index (χ0v) is 12.0. The van der Waals surface area contributed by atoms with Gasteiger partial charge in [-0.1, -0.05) is 30.3 Å². The van der Waals surface area contributed by atoms with Crippen LogP contribution in [0.15, 0.2) is 42.6 Å². The van der Waals surface area contributed by atoms with Crippen molar-refractivity contribution in [3.05, 3.63) is 48.2 Å². The highest BCUT2D eigenvalue weighted by atomic mass is 16.5. The number of nitrogens with one attached hydrogen (secondary N) is 1. The third kappa shape index (κ3) is 3.49. The van der Waals surface area contributed by atoms with Crippen molar-refractivity contribution in [3.63, 3.8) is 0 Å². The van der Waals surface area contributed by atoms with E-state index in [4.69, 9.17) is 9.47 Å². The Morgan fingerprint density at radius 2 is 2.10 bits per heavy atom. The largest absolute Gasteiger partial charge is 0.481 e. The van der Waals surface area contributed by atoms with Crippen molar-refractivity contribution >= 4 is 5.95 Å². The molecule has 5 heteroatoms. The number of rotatable bonds is 4. The normalized spacial score (nSPS) is 21.8. The third-order valence-electron chi connectivity index (χ3n) is 3.63. The molecule has 110 valence electrons. The summed E-state index contributed by atoms with van der Waals surface area (Å²) in [5.74, 6) is 1.17. The summed E-state index contributed by atoms with van der Waals surface area (Å²) in [6.07, 6.45) is 3.68. The number of methoxy groups -OCH3 is 1. The first kappa shape index (κ1) is 13.8. The van der Waals surface area contributed by atoms with Crippen LogP contribution in [0, 0.1) is 0 Å². The van der Waals surface area contributed by atoms with Gasteiger partial charge < -0.3 is 14.8 Å². The smallest absolute Gasteiger partial charge is 0.226 e. The van der Waals surface area contributed by atoms with Crippen molar-refractivity contribution < 1.29 is 9.47 Å². The van der Waals surface area contributed by atoms with Crippen LogP contribution < -0.4 is 10.1 Å². The van der Waals surface area contributed by atoms with Crippen molar-refractivity contribution in [1.29, 1.82) is 0 Å². The molecule has 0 aliphatic carbocycles. The maximum absolute atomic E-state index is 5.87. The molecule has 1 aromatic heterocycles. The first-order chi connectivity index (χ1) is 10.3. The lowest BCUT2D eigenvalue weighted by molar-refractivity contribution is 0.00968. The lowest BCUT2D eigenvalue weighted by Crippen LogP contribution is -2.30. The Balaban J connectivity index is 1.66. The molecule has 0 bridgehead atoms. The summed E-state index contributed by atoms with van der Waals surface area (Å²) in [5.41, 5.74) is 1.22. The minimum Gasteiger partial charge on any atom is -0.481 e. The van der Waals surface area contributed by atoms with E-state index in [0.717, 1.165) is 19.4 Å². The zero-order valence-electron chi connectivity index (χ0n) is 12.0. The average Bonchev–Trinajstić information content (AvgIpc) is 2.56. The number of hydrogen-bond acceptors (Lipinski definition) is 5. The van der Waals surface area contributed by atoms with Crippen molar-refractivity contribution in [2.75, 3.05) is 19.0 Å². The maximum atomic E-state index is 5.87. The molecule has 21 heavy (non-hydrogen) atoms. The Labute approximate surface area is 124 Å². The van der Waals surface area contributed by atoms with Crippen molar-refractivity contribution in [1.82, 2.24) is 9.97 Å². The van der Waals surface area contributed by atoms with Gasteiger partial charge >= 0.3 is 0 Å². The van der Waals surface area contributed by atoms with Gasteiger partial charge in [0.2, 0.25) is 11.8 Å². The van der Waals surface area contributed by atoms with Crippen molar-refractivity contribution in [2.24, 2.45) is 0 Å². The fraction of sp³-hybridized carbons (Fsp3) is 0.375. The number of hydrogen-bond donors (Lipinski definition) is 1. The van der Waals surface area contributed by atoms with Gasteiger partial charge in [0.15, 0.2) is 0 Å². The number of ether oxygens (including phenoxy) is 2. The maximum Gasteiger partial charge on any atom is 0.226 e. The highest BCUT2D eigenvalue weighted by molar-refractivity contribution is 5.29. The summed E-state index contributed by atoms with van der Waals surface area (Å²) in [6.45, 7) is 0.737. The van der Waals surface area contributed by atoms with E-state index >= 15 is 0 Å². The summed E-state index contributed by atoms with van der Waals surface area (Å²) in [7, 11) is 1.60. The van der Waals surface area contributed by atoms with E-state index in [-0.39, 0.29) is 6.10 Å². The van der Waals surface area contributed by atoms with E-state index in [0.29, 0.717) is 17.9 Å². The molecule has 0 saturated carbocycles. The van der Waals surface area contributed by atoms with Crippen LogP contribution in [-0.2, 0) is 4.74 Å². The van der Waals surface area contributed by atoms with Gasteiger partial charge in [-0.3, -0.25) is 0 Å². The molecule has 2 aromatic rings.